The van der Waals surface area contributed by atoms with Crippen molar-refractivity contribution in [3.05, 3.63) is 0 Å². The third-order valence-electron chi connectivity index (χ3n) is 3.16. The third-order valence-corrected chi connectivity index (χ3v) is 3.16. The fourth-order valence-electron chi connectivity index (χ4n) is 2.17. The summed E-state index contributed by atoms with van der Waals surface area (Å²) in [6, 6.07) is -0.292. The molecule has 0 aromatic carbocycles. The lowest BCUT2D eigenvalue weighted by atomic mass is 10.0. The van der Waals surface area contributed by atoms with Crippen LogP contribution in [0.5, 0.6) is 0 Å². The summed E-state index contributed by atoms with van der Waals surface area (Å²) < 4.78 is 0. The van der Waals surface area contributed by atoms with Gasteiger partial charge in [0.1, 0.15) is 6.04 Å². The number of piperazine rings is 1. The van der Waals surface area contributed by atoms with E-state index in [1.54, 1.807) is 4.90 Å². The van der Waals surface area contributed by atoms with Gasteiger partial charge in [0.05, 0.1) is 6.54 Å². The second-order valence-electron chi connectivity index (χ2n) is 5.41. The van der Waals surface area contributed by atoms with Gasteiger partial charge in [-0.2, -0.15) is 0 Å². The molecule has 1 saturated carbocycles. The molecular formula is C12H20N2O2. The molecule has 1 unspecified atom stereocenters. The van der Waals surface area contributed by atoms with Gasteiger partial charge in [0.15, 0.2) is 0 Å². The number of rotatable bonds is 4. The Bertz CT molecular complexity index is 279. The van der Waals surface area contributed by atoms with Crippen LogP contribution in [0.1, 0.15) is 33.1 Å². The maximum atomic E-state index is 12.1. The highest BCUT2D eigenvalue weighted by molar-refractivity contribution is 5.94. The zero-order valence-electron chi connectivity index (χ0n) is 10.0. The molecule has 0 spiro atoms. The van der Waals surface area contributed by atoms with Gasteiger partial charge >= 0.3 is 0 Å². The van der Waals surface area contributed by atoms with E-state index in [1.807, 2.05) is 0 Å². The molecule has 16 heavy (non-hydrogen) atoms. The Balaban J connectivity index is 1.96. The van der Waals surface area contributed by atoms with Crippen molar-refractivity contribution < 1.29 is 9.59 Å². The molecule has 0 aromatic heterocycles. The van der Waals surface area contributed by atoms with Crippen molar-refractivity contribution in [1.82, 2.24) is 10.2 Å². The average molecular weight is 224 g/mol. The second kappa shape index (κ2) is 4.44. The lowest BCUT2D eigenvalue weighted by Crippen LogP contribution is -2.58. The van der Waals surface area contributed by atoms with Crippen LogP contribution in [0.2, 0.25) is 0 Å². The van der Waals surface area contributed by atoms with E-state index in [-0.39, 0.29) is 24.4 Å². The molecule has 1 N–H and O–H groups in total. The molecule has 0 radical (unpaired) electrons. The topological polar surface area (TPSA) is 49.4 Å². The summed E-state index contributed by atoms with van der Waals surface area (Å²) in [5.41, 5.74) is 0. The van der Waals surface area contributed by atoms with Crippen LogP contribution in [0.3, 0.4) is 0 Å². The fraction of sp³-hybridized carbons (Fsp3) is 0.833. The van der Waals surface area contributed by atoms with E-state index >= 15 is 0 Å². The SMILES string of the molecule is CC(C)CC1NC(=O)CN(CC2CC2)C1=O. The summed E-state index contributed by atoms with van der Waals surface area (Å²) in [7, 11) is 0. The van der Waals surface area contributed by atoms with E-state index in [0.717, 1.165) is 13.0 Å². The molecule has 2 rings (SSSR count). The number of nitrogens with one attached hydrogen (secondary N) is 1. The van der Waals surface area contributed by atoms with Crippen LogP contribution >= 0.6 is 0 Å². The number of amides is 2. The second-order valence-corrected chi connectivity index (χ2v) is 5.41. The highest BCUT2D eigenvalue weighted by atomic mass is 16.2. The van der Waals surface area contributed by atoms with Gasteiger partial charge in [-0.15, -0.1) is 0 Å². The smallest absolute Gasteiger partial charge is 0.245 e. The van der Waals surface area contributed by atoms with E-state index in [9.17, 15) is 9.59 Å². The van der Waals surface area contributed by atoms with E-state index in [4.69, 9.17) is 0 Å². The molecule has 1 atom stereocenters. The first kappa shape index (κ1) is 11.4. The van der Waals surface area contributed by atoms with Crippen molar-refractivity contribution in [2.45, 2.75) is 39.2 Å². The van der Waals surface area contributed by atoms with Crippen LogP contribution in [0.15, 0.2) is 0 Å². The monoisotopic (exact) mass is 224 g/mol. The minimum atomic E-state index is -0.292. The number of nitrogens with zero attached hydrogens (tertiary/aromatic N) is 1. The molecule has 4 heteroatoms. The molecule has 1 saturated heterocycles. The quantitative estimate of drug-likeness (QED) is 0.766. The van der Waals surface area contributed by atoms with E-state index in [1.165, 1.54) is 12.8 Å². The first-order valence-electron chi connectivity index (χ1n) is 6.14. The largest absolute Gasteiger partial charge is 0.343 e. The van der Waals surface area contributed by atoms with Gasteiger partial charge in [-0.1, -0.05) is 13.8 Å². The predicted octanol–water partition coefficient (Wildman–Crippen LogP) is 0.769. The molecular weight excluding hydrogens is 204 g/mol. The van der Waals surface area contributed by atoms with Crippen LogP contribution in [0.25, 0.3) is 0 Å². The Morgan fingerprint density at radius 3 is 2.62 bits per heavy atom. The third kappa shape index (κ3) is 2.74. The molecule has 1 heterocycles. The molecule has 1 aliphatic heterocycles. The first-order valence-corrected chi connectivity index (χ1v) is 6.14. The van der Waals surface area contributed by atoms with Gasteiger partial charge in [0.25, 0.3) is 0 Å². The molecule has 1 aliphatic carbocycles. The Kier molecular flexibility index (Phi) is 3.17. The predicted molar refractivity (Wildman–Crippen MR) is 60.7 cm³/mol. The summed E-state index contributed by atoms with van der Waals surface area (Å²) in [5.74, 6) is 1.18. The van der Waals surface area contributed by atoms with Gasteiger partial charge < -0.3 is 10.2 Å². The Morgan fingerprint density at radius 2 is 2.06 bits per heavy atom. The molecule has 0 bridgehead atoms. The summed E-state index contributed by atoms with van der Waals surface area (Å²) in [6.45, 7) is 5.17. The minimum Gasteiger partial charge on any atom is -0.343 e. The molecule has 2 fully saturated rings. The number of carbonyl (C=O) groups is 2. The molecule has 90 valence electrons. The lowest BCUT2D eigenvalue weighted by molar-refractivity contribution is -0.144. The minimum absolute atomic E-state index is 0.00843. The van der Waals surface area contributed by atoms with Crippen molar-refractivity contribution >= 4 is 11.8 Å². The van der Waals surface area contributed by atoms with Gasteiger partial charge in [-0.05, 0) is 31.1 Å². The van der Waals surface area contributed by atoms with Crippen LogP contribution < -0.4 is 5.32 Å². The van der Waals surface area contributed by atoms with Crippen molar-refractivity contribution in [2.24, 2.45) is 11.8 Å². The lowest BCUT2D eigenvalue weighted by Gasteiger charge is -2.33. The number of hydrogen-bond acceptors (Lipinski definition) is 2. The molecule has 4 nitrogen and oxygen atoms in total. The van der Waals surface area contributed by atoms with Gasteiger partial charge in [0.2, 0.25) is 11.8 Å². The fourth-order valence-corrected chi connectivity index (χ4v) is 2.17. The zero-order valence-corrected chi connectivity index (χ0v) is 10.0. The van der Waals surface area contributed by atoms with Crippen LogP contribution in [0.4, 0.5) is 0 Å². The molecule has 0 aromatic rings. The van der Waals surface area contributed by atoms with Gasteiger partial charge in [-0.3, -0.25) is 9.59 Å². The first-order chi connectivity index (χ1) is 7.56. The maximum absolute atomic E-state index is 12.1. The average Bonchev–Trinajstić information content (AvgIpc) is 2.96. The van der Waals surface area contributed by atoms with E-state index < -0.39 is 0 Å². The van der Waals surface area contributed by atoms with E-state index in [0.29, 0.717) is 11.8 Å². The normalized spacial score (nSPS) is 26.2. The van der Waals surface area contributed by atoms with E-state index in [2.05, 4.69) is 19.2 Å². The number of carbonyl (C=O) groups excluding carboxylic acids is 2. The summed E-state index contributed by atoms with van der Waals surface area (Å²) in [6.07, 6.45) is 3.16. The standard InChI is InChI=1S/C12H20N2O2/c1-8(2)5-10-12(16)14(6-9-3-4-9)7-11(15)13-10/h8-10H,3-7H2,1-2H3,(H,13,15). The summed E-state index contributed by atoms with van der Waals surface area (Å²) in [5, 5.41) is 2.79. The van der Waals surface area contributed by atoms with Gasteiger partial charge in [-0.25, -0.2) is 0 Å². The highest BCUT2D eigenvalue weighted by Gasteiger charge is 2.35. The van der Waals surface area contributed by atoms with Crippen LogP contribution in [-0.2, 0) is 9.59 Å². The molecule has 2 amide bonds. The number of hydrogen-bond donors (Lipinski definition) is 1. The molecule has 2 aliphatic rings. The van der Waals surface area contributed by atoms with Crippen molar-refractivity contribution in [2.75, 3.05) is 13.1 Å². The van der Waals surface area contributed by atoms with Gasteiger partial charge in [0, 0.05) is 6.54 Å². The summed E-state index contributed by atoms with van der Waals surface area (Å²) in [4.78, 5) is 25.3. The van der Waals surface area contributed by atoms with Crippen molar-refractivity contribution in [1.29, 1.82) is 0 Å². The van der Waals surface area contributed by atoms with Crippen LogP contribution in [-0.4, -0.2) is 35.8 Å². The Hall–Kier alpha value is -1.06. The zero-order chi connectivity index (χ0) is 11.7. The van der Waals surface area contributed by atoms with Crippen LogP contribution in [0, 0.1) is 11.8 Å². The van der Waals surface area contributed by atoms with Crippen molar-refractivity contribution in [3.8, 4) is 0 Å². The Labute approximate surface area is 96.4 Å². The highest BCUT2D eigenvalue weighted by Crippen LogP contribution is 2.30. The summed E-state index contributed by atoms with van der Waals surface area (Å²) >= 11 is 0. The Morgan fingerprint density at radius 1 is 1.38 bits per heavy atom. The maximum Gasteiger partial charge on any atom is 0.245 e. The van der Waals surface area contributed by atoms with Crippen molar-refractivity contribution in [3.63, 3.8) is 0 Å².